The molecule has 0 radical (unpaired) electrons. The highest BCUT2D eigenvalue weighted by molar-refractivity contribution is 6.61. The molecule has 17 heavy (non-hydrogen) atoms. The molecule has 2 N–H and O–H groups in total. The molecule has 0 aliphatic heterocycles. The quantitative estimate of drug-likeness (QED) is 0.742. The van der Waals surface area contributed by atoms with Gasteiger partial charge in [0.05, 0.1) is 5.56 Å². The second-order valence-electron chi connectivity index (χ2n) is 3.65. The Hall–Kier alpha value is -1.53. The maximum Gasteiger partial charge on any atom is 0.489 e. The summed E-state index contributed by atoms with van der Waals surface area (Å²) in [7, 11) is -1.70. The third-order valence-corrected chi connectivity index (χ3v) is 2.52. The summed E-state index contributed by atoms with van der Waals surface area (Å²) >= 11 is 0. The summed E-state index contributed by atoms with van der Waals surface area (Å²) in [4.78, 5) is 0. The lowest BCUT2D eigenvalue weighted by Crippen LogP contribution is -2.30. The van der Waals surface area contributed by atoms with Gasteiger partial charge in [-0.15, -0.1) is 0 Å². The van der Waals surface area contributed by atoms with E-state index in [1.165, 1.54) is 24.3 Å². The predicted octanol–water partition coefficient (Wildman–Crippen LogP) is 1.54. The molecule has 2 rings (SSSR count). The van der Waals surface area contributed by atoms with E-state index in [2.05, 4.69) is 0 Å². The van der Waals surface area contributed by atoms with Crippen LogP contribution in [0, 0.1) is 0 Å². The Kier molecular flexibility index (Phi) is 2.85. The monoisotopic (exact) mass is 240 g/mol. The zero-order valence-corrected chi connectivity index (χ0v) is 8.57. The van der Waals surface area contributed by atoms with Crippen LogP contribution >= 0.6 is 0 Å². The van der Waals surface area contributed by atoms with E-state index in [1.54, 1.807) is 0 Å². The molecule has 0 aliphatic carbocycles. The fourth-order valence-electron chi connectivity index (χ4n) is 1.71. The molecule has 2 aromatic carbocycles. The normalized spacial score (nSPS) is 11.8. The minimum Gasteiger partial charge on any atom is -0.423 e. The Balaban J connectivity index is 2.65. The highest BCUT2D eigenvalue weighted by atomic mass is 19.4. The van der Waals surface area contributed by atoms with Crippen LogP contribution in [0.5, 0.6) is 0 Å². The number of hydrogen-bond acceptors (Lipinski definition) is 2. The molecule has 0 saturated carbocycles. The average molecular weight is 240 g/mol. The van der Waals surface area contributed by atoms with Crippen molar-refractivity contribution in [3.8, 4) is 0 Å². The van der Waals surface area contributed by atoms with Gasteiger partial charge in [-0.25, -0.2) is 0 Å². The number of fused-ring (bicyclic) bond motifs is 1. The van der Waals surface area contributed by atoms with Crippen molar-refractivity contribution in [3.05, 3.63) is 42.0 Å². The smallest absolute Gasteiger partial charge is 0.423 e. The van der Waals surface area contributed by atoms with Gasteiger partial charge in [-0.3, -0.25) is 0 Å². The van der Waals surface area contributed by atoms with Gasteiger partial charge in [0.1, 0.15) is 0 Å². The lowest BCUT2D eigenvalue weighted by Gasteiger charge is -2.10. The third-order valence-electron chi connectivity index (χ3n) is 2.52. The summed E-state index contributed by atoms with van der Waals surface area (Å²) in [6, 6.07) is 7.59. The van der Waals surface area contributed by atoms with E-state index in [-0.39, 0.29) is 5.46 Å². The van der Waals surface area contributed by atoms with Gasteiger partial charge in [-0.1, -0.05) is 24.3 Å². The topological polar surface area (TPSA) is 40.5 Å². The molecule has 0 unspecified atom stereocenters. The van der Waals surface area contributed by atoms with Crippen molar-refractivity contribution in [2.45, 2.75) is 6.18 Å². The second kappa shape index (κ2) is 4.05. The molecule has 0 fully saturated rings. The molecule has 0 saturated heterocycles. The van der Waals surface area contributed by atoms with Crippen LogP contribution in [0.1, 0.15) is 5.56 Å². The molecule has 0 bridgehead atoms. The summed E-state index contributed by atoms with van der Waals surface area (Å²) < 4.78 is 37.4. The Morgan fingerprint density at radius 1 is 1.00 bits per heavy atom. The lowest BCUT2D eigenvalue weighted by molar-refractivity contribution is -0.137. The standard InChI is InChI=1S/C11H8BF3O2/c13-11(14,15)8-4-5-9-7(6-8)2-1-3-10(9)12(16)17/h1-6,16-17H. The zero-order valence-electron chi connectivity index (χ0n) is 8.57. The SMILES string of the molecule is OB(O)c1cccc2cc(C(F)(F)F)ccc12. The number of rotatable bonds is 1. The van der Waals surface area contributed by atoms with Gasteiger partial charge in [0.2, 0.25) is 0 Å². The van der Waals surface area contributed by atoms with Crippen molar-refractivity contribution in [2.75, 3.05) is 0 Å². The summed E-state index contributed by atoms with van der Waals surface area (Å²) in [6.45, 7) is 0. The first-order chi connectivity index (χ1) is 7.89. The third kappa shape index (κ3) is 2.27. The summed E-state index contributed by atoms with van der Waals surface area (Å²) in [5.74, 6) is 0. The fraction of sp³-hybridized carbons (Fsp3) is 0.0909. The van der Waals surface area contributed by atoms with Gasteiger partial charge in [0.15, 0.2) is 0 Å². The van der Waals surface area contributed by atoms with Crippen molar-refractivity contribution >= 4 is 23.4 Å². The molecule has 2 aromatic rings. The summed E-state index contributed by atoms with van der Waals surface area (Å²) in [5, 5.41) is 18.9. The van der Waals surface area contributed by atoms with Crippen LogP contribution in [0.3, 0.4) is 0 Å². The molecule has 2 nitrogen and oxygen atoms in total. The second-order valence-corrected chi connectivity index (χ2v) is 3.65. The van der Waals surface area contributed by atoms with Crippen LogP contribution < -0.4 is 5.46 Å². The van der Waals surface area contributed by atoms with Crippen LogP contribution in [-0.2, 0) is 6.18 Å². The molecule has 0 amide bonds. The molecular formula is C11H8BF3O2. The van der Waals surface area contributed by atoms with Gasteiger partial charge in [-0.2, -0.15) is 13.2 Å². The molecule has 88 valence electrons. The first kappa shape index (κ1) is 11.9. The highest BCUT2D eigenvalue weighted by Gasteiger charge is 2.30. The van der Waals surface area contributed by atoms with Gasteiger partial charge >= 0.3 is 13.3 Å². The van der Waals surface area contributed by atoms with Gasteiger partial charge in [0.25, 0.3) is 0 Å². The molecule has 0 spiro atoms. The van der Waals surface area contributed by atoms with E-state index < -0.39 is 18.9 Å². The van der Waals surface area contributed by atoms with E-state index in [0.717, 1.165) is 12.1 Å². The minimum absolute atomic E-state index is 0.191. The van der Waals surface area contributed by atoms with Crippen molar-refractivity contribution in [1.29, 1.82) is 0 Å². The van der Waals surface area contributed by atoms with Crippen LogP contribution in [0.2, 0.25) is 0 Å². The lowest BCUT2D eigenvalue weighted by atomic mass is 9.77. The van der Waals surface area contributed by atoms with Crippen molar-refractivity contribution in [1.82, 2.24) is 0 Å². The summed E-state index contributed by atoms with van der Waals surface area (Å²) in [5.41, 5.74) is -0.564. The Morgan fingerprint density at radius 3 is 2.29 bits per heavy atom. The van der Waals surface area contributed by atoms with E-state index in [1.807, 2.05) is 0 Å². The fourth-order valence-corrected chi connectivity index (χ4v) is 1.71. The maximum atomic E-state index is 12.5. The Bertz CT molecular complexity index is 552. The first-order valence-corrected chi connectivity index (χ1v) is 4.85. The van der Waals surface area contributed by atoms with Crippen LogP contribution in [0.4, 0.5) is 13.2 Å². The molecular weight excluding hydrogens is 232 g/mol. The van der Waals surface area contributed by atoms with E-state index in [0.29, 0.717) is 10.8 Å². The maximum absolute atomic E-state index is 12.5. The minimum atomic E-state index is -4.40. The van der Waals surface area contributed by atoms with Crippen LogP contribution in [0.25, 0.3) is 10.8 Å². The average Bonchev–Trinajstić information content (AvgIpc) is 2.26. The van der Waals surface area contributed by atoms with Gasteiger partial charge in [0, 0.05) is 0 Å². The zero-order chi connectivity index (χ0) is 12.6. The van der Waals surface area contributed by atoms with E-state index in [4.69, 9.17) is 10.0 Å². The van der Waals surface area contributed by atoms with Crippen molar-refractivity contribution in [2.24, 2.45) is 0 Å². The number of hydrogen-bond donors (Lipinski definition) is 2. The number of alkyl halides is 3. The number of halogens is 3. The molecule has 6 heteroatoms. The van der Waals surface area contributed by atoms with Crippen molar-refractivity contribution in [3.63, 3.8) is 0 Å². The molecule has 0 heterocycles. The first-order valence-electron chi connectivity index (χ1n) is 4.85. The van der Waals surface area contributed by atoms with Crippen molar-refractivity contribution < 1.29 is 23.2 Å². The molecule has 0 aromatic heterocycles. The molecule has 0 atom stereocenters. The summed E-state index contributed by atoms with van der Waals surface area (Å²) in [6.07, 6.45) is -4.40. The van der Waals surface area contributed by atoms with E-state index in [9.17, 15) is 13.2 Å². The Morgan fingerprint density at radius 2 is 1.71 bits per heavy atom. The Labute approximate surface area is 95.5 Å². The number of benzene rings is 2. The molecule has 0 aliphatic rings. The predicted molar refractivity (Wildman–Crippen MR) is 58.8 cm³/mol. The van der Waals surface area contributed by atoms with Gasteiger partial charge < -0.3 is 10.0 Å². The van der Waals surface area contributed by atoms with Crippen LogP contribution in [0.15, 0.2) is 36.4 Å². The highest BCUT2D eigenvalue weighted by Crippen LogP contribution is 2.31. The largest absolute Gasteiger partial charge is 0.489 e. The van der Waals surface area contributed by atoms with Gasteiger partial charge in [-0.05, 0) is 28.4 Å². The van der Waals surface area contributed by atoms with Crippen LogP contribution in [-0.4, -0.2) is 17.2 Å². The van der Waals surface area contributed by atoms with E-state index >= 15 is 0 Å².